The van der Waals surface area contributed by atoms with E-state index >= 15 is 0 Å². The second-order valence-corrected chi connectivity index (χ2v) is 4.29. The van der Waals surface area contributed by atoms with Gasteiger partial charge >= 0.3 is 0 Å². The van der Waals surface area contributed by atoms with Gasteiger partial charge in [-0.3, -0.25) is 4.68 Å². The first-order valence-electron chi connectivity index (χ1n) is 5.17. The van der Waals surface area contributed by atoms with Gasteiger partial charge in [0.25, 0.3) is 0 Å². The Balaban J connectivity index is 2.18. The van der Waals surface area contributed by atoms with E-state index in [2.05, 4.69) is 5.10 Å². The van der Waals surface area contributed by atoms with Crippen molar-refractivity contribution in [3.8, 4) is 0 Å². The van der Waals surface area contributed by atoms with Crippen LogP contribution in [0.5, 0.6) is 0 Å². The predicted octanol–water partition coefficient (Wildman–Crippen LogP) is 2.49. The lowest BCUT2D eigenvalue weighted by Crippen LogP contribution is -2.03. The maximum Gasteiger partial charge on any atom is 0.145 e. The number of benzene rings is 1. The molecule has 0 bridgehead atoms. The molecule has 1 heterocycles. The molecule has 5 heteroatoms. The Morgan fingerprint density at radius 1 is 1.53 bits per heavy atom. The first-order valence-corrected chi connectivity index (χ1v) is 5.55. The summed E-state index contributed by atoms with van der Waals surface area (Å²) >= 11 is 5.67. The van der Waals surface area contributed by atoms with Crippen molar-refractivity contribution in [3.63, 3.8) is 0 Å². The van der Waals surface area contributed by atoms with E-state index in [1.807, 2.05) is 0 Å². The van der Waals surface area contributed by atoms with Crippen LogP contribution < -0.4 is 0 Å². The van der Waals surface area contributed by atoms with Gasteiger partial charge < -0.3 is 5.11 Å². The molecule has 0 aliphatic heterocycles. The molecule has 0 amide bonds. The molecule has 0 spiro atoms. The Kier molecular flexibility index (Phi) is 3.45. The topological polar surface area (TPSA) is 38.0 Å². The SMILES string of the molecule is Cn1cc(C(O)Cc2cccc(Cl)c2F)cn1. The first-order chi connectivity index (χ1) is 8.08. The summed E-state index contributed by atoms with van der Waals surface area (Å²) in [6.07, 6.45) is 2.66. The van der Waals surface area contributed by atoms with Crippen LogP contribution in [-0.4, -0.2) is 14.9 Å². The normalized spacial score (nSPS) is 12.7. The van der Waals surface area contributed by atoms with Gasteiger partial charge in [-0.15, -0.1) is 0 Å². The highest BCUT2D eigenvalue weighted by atomic mass is 35.5. The molecule has 1 unspecified atom stereocenters. The highest BCUT2D eigenvalue weighted by Crippen LogP contribution is 2.23. The summed E-state index contributed by atoms with van der Waals surface area (Å²) in [6.45, 7) is 0. The zero-order valence-electron chi connectivity index (χ0n) is 9.27. The zero-order chi connectivity index (χ0) is 12.4. The summed E-state index contributed by atoms with van der Waals surface area (Å²) in [6, 6.07) is 4.76. The molecule has 1 atom stereocenters. The molecule has 0 aliphatic rings. The minimum Gasteiger partial charge on any atom is -0.388 e. The summed E-state index contributed by atoms with van der Waals surface area (Å²) in [5, 5.41) is 14.0. The van der Waals surface area contributed by atoms with Gasteiger partial charge in [-0.05, 0) is 11.6 Å². The quantitative estimate of drug-likeness (QED) is 0.914. The third-order valence-electron chi connectivity index (χ3n) is 2.55. The fraction of sp³-hybridized carbons (Fsp3) is 0.250. The summed E-state index contributed by atoms with van der Waals surface area (Å²) < 4.78 is 15.2. The molecule has 0 saturated heterocycles. The predicted molar refractivity (Wildman–Crippen MR) is 63.3 cm³/mol. The molecule has 1 N–H and O–H groups in total. The van der Waals surface area contributed by atoms with Crippen molar-refractivity contribution in [3.05, 3.63) is 52.6 Å². The van der Waals surface area contributed by atoms with Gasteiger partial charge in [0.05, 0.1) is 17.3 Å². The lowest BCUT2D eigenvalue weighted by molar-refractivity contribution is 0.177. The second-order valence-electron chi connectivity index (χ2n) is 3.88. The van der Waals surface area contributed by atoms with E-state index in [1.54, 1.807) is 36.3 Å². The number of aromatic nitrogens is 2. The number of aliphatic hydroxyl groups excluding tert-OH is 1. The van der Waals surface area contributed by atoms with Gasteiger partial charge in [0.1, 0.15) is 5.82 Å². The Bertz CT molecular complexity index is 527. The highest BCUT2D eigenvalue weighted by molar-refractivity contribution is 6.30. The number of halogens is 2. The fourth-order valence-corrected chi connectivity index (χ4v) is 1.84. The van der Waals surface area contributed by atoms with Gasteiger partial charge in [0.2, 0.25) is 0 Å². The molecule has 3 nitrogen and oxygen atoms in total. The summed E-state index contributed by atoms with van der Waals surface area (Å²) in [5.41, 5.74) is 1.06. The number of hydrogen-bond acceptors (Lipinski definition) is 2. The molecule has 1 aromatic carbocycles. The Labute approximate surface area is 103 Å². The van der Waals surface area contributed by atoms with Crippen LogP contribution in [0.3, 0.4) is 0 Å². The van der Waals surface area contributed by atoms with Crippen LogP contribution in [0.1, 0.15) is 17.2 Å². The molecule has 1 aromatic heterocycles. The monoisotopic (exact) mass is 254 g/mol. The van der Waals surface area contributed by atoms with Crippen molar-refractivity contribution in [1.82, 2.24) is 9.78 Å². The van der Waals surface area contributed by atoms with Crippen molar-refractivity contribution in [2.75, 3.05) is 0 Å². The lowest BCUT2D eigenvalue weighted by Gasteiger charge is -2.09. The molecule has 0 saturated carbocycles. The number of aliphatic hydroxyl groups is 1. The van der Waals surface area contributed by atoms with Gasteiger partial charge in [0, 0.05) is 25.2 Å². The number of hydrogen-bond donors (Lipinski definition) is 1. The molecule has 0 radical (unpaired) electrons. The van der Waals surface area contributed by atoms with Gasteiger partial charge in [-0.1, -0.05) is 23.7 Å². The van der Waals surface area contributed by atoms with Crippen LogP contribution in [0, 0.1) is 5.82 Å². The van der Waals surface area contributed by atoms with E-state index in [9.17, 15) is 9.50 Å². The van der Waals surface area contributed by atoms with Crippen molar-refractivity contribution in [1.29, 1.82) is 0 Å². The first kappa shape index (κ1) is 12.1. The van der Waals surface area contributed by atoms with Gasteiger partial charge in [-0.2, -0.15) is 5.10 Å². The van der Waals surface area contributed by atoms with Crippen LogP contribution in [-0.2, 0) is 13.5 Å². The minimum absolute atomic E-state index is 0.0703. The Morgan fingerprint density at radius 3 is 2.94 bits per heavy atom. The standard InChI is InChI=1S/C12H12ClFN2O/c1-16-7-9(6-15-16)11(17)5-8-3-2-4-10(13)12(8)14/h2-4,6-7,11,17H,5H2,1H3. The highest BCUT2D eigenvalue weighted by Gasteiger charge is 2.14. The van der Waals surface area contributed by atoms with E-state index < -0.39 is 11.9 Å². The molecule has 0 aliphatic carbocycles. The van der Waals surface area contributed by atoms with Crippen molar-refractivity contribution >= 4 is 11.6 Å². The van der Waals surface area contributed by atoms with E-state index in [1.165, 1.54) is 6.07 Å². The van der Waals surface area contributed by atoms with Crippen LogP contribution in [0.4, 0.5) is 4.39 Å². The smallest absolute Gasteiger partial charge is 0.145 e. The van der Waals surface area contributed by atoms with Crippen LogP contribution in [0.25, 0.3) is 0 Å². The third-order valence-corrected chi connectivity index (χ3v) is 2.85. The van der Waals surface area contributed by atoms with Crippen molar-refractivity contribution < 1.29 is 9.50 Å². The number of nitrogens with zero attached hydrogens (tertiary/aromatic N) is 2. The lowest BCUT2D eigenvalue weighted by atomic mass is 10.0. The average Bonchev–Trinajstić information content (AvgIpc) is 2.72. The molecule has 90 valence electrons. The Morgan fingerprint density at radius 2 is 2.29 bits per heavy atom. The molecule has 0 fully saturated rings. The maximum absolute atomic E-state index is 13.6. The van der Waals surface area contributed by atoms with E-state index in [-0.39, 0.29) is 11.4 Å². The summed E-state index contributed by atoms with van der Waals surface area (Å²) in [7, 11) is 1.76. The average molecular weight is 255 g/mol. The van der Waals surface area contributed by atoms with E-state index in [0.717, 1.165) is 0 Å². The summed E-state index contributed by atoms with van der Waals surface area (Å²) in [4.78, 5) is 0. The third kappa shape index (κ3) is 2.65. The molecular weight excluding hydrogens is 243 g/mol. The molecule has 2 aromatic rings. The van der Waals surface area contributed by atoms with Crippen LogP contribution >= 0.6 is 11.6 Å². The maximum atomic E-state index is 13.6. The van der Waals surface area contributed by atoms with Gasteiger partial charge in [-0.25, -0.2) is 4.39 Å². The largest absolute Gasteiger partial charge is 0.388 e. The van der Waals surface area contributed by atoms with Crippen molar-refractivity contribution in [2.24, 2.45) is 7.05 Å². The fourth-order valence-electron chi connectivity index (χ4n) is 1.64. The van der Waals surface area contributed by atoms with Crippen LogP contribution in [0.2, 0.25) is 5.02 Å². The van der Waals surface area contributed by atoms with Gasteiger partial charge in [0.15, 0.2) is 0 Å². The Hall–Kier alpha value is -1.39. The molecular formula is C12H12ClFN2O. The van der Waals surface area contributed by atoms with E-state index in [0.29, 0.717) is 11.1 Å². The van der Waals surface area contributed by atoms with Crippen molar-refractivity contribution in [2.45, 2.75) is 12.5 Å². The second kappa shape index (κ2) is 4.85. The summed E-state index contributed by atoms with van der Waals surface area (Å²) in [5.74, 6) is -0.475. The van der Waals surface area contributed by atoms with E-state index in [4.69, 9.17) is 11.6 Å². The molecule has 17 heavy (non-hydrogen) atoms. The number of rotatable bonds is 3. The zero-order valence-corrected chi connectivity index (χ0v) is 10.0. The van der Waals surface area contributed by atoms with Crippen LogP contribution in [0.15, 0.2) is 30.6 Å². The molecule has 2 rings (SSSR count). The minimum atomic E-state index is -0.781. The number of aryl methyl sites for hydroxylation is 1.